The fourth-order valence-electron chi connectivity index (χ4n) is 3.12. The SMILES string of the molecule is CCC1(C)CN(CCS(C)(=O)=O)C(C)(C2CC2)CN1. The molecule has 0 aromatic heterocycles. The van der Waals surface area contributed by atoms with E-state index in [9.17, 15) is 8.42 Å². The lowest BCUT2D eigenvalue weighted by Gasteiger charge is -2.52. The molecule has 112 valence electrons. The van der Waals surface area contributed by atoms with E-state index < -0.39 is 9.84 Å². The Kier molecular flexibility index (Phi) is 4.02. The van der Waals surface area contributed by atoms with Crippen molar-refractivity contribution >= 4 is 9.84 Å². The van der Waals surface area contributed by atoms with E-state index in [0.29, 0.717) is 6.54 Å². The molecule has 1 saturated carbocycles. The highest BCUT2D eigenvalue weighted by Crippen LogP contribution is 2.45. The topological polar surface area (TPSA) is 49.4 Å². The smallest absolute Gasteiger partial charge is 0.148 e. The average Bonchev–Trinajstić information content (AvgIpc) is 3.14. The summed E-state index contributed by atoms with van der Waals surface area (Å²) >= 11 is 0. The van der Waals surface area contributed by atoms with Gasteiger partial charge >= 0.3 is 0 Å². The molecule has 2 fully saturated rings. The molecule has 2 unspecified atom stereocenters. The Morgan fingerprint density at radius 3 is 2.42 bits per heavy atom. The molecule has 0 spiro atoms. The molecule has 1 saturated heterocycles. The first-order valence-electron chi connectivity index (χ1n) is 7.36. The second-order valence-corrected chi connectivity index (χ2v) is 9.21. The number of nitrogens with zero attached hydrogens (tertiary/aromatic N) is 1. The van der Waals surface area contributed by atoms with Crippen LogP contribution in [0, 0.1) is 5.92 Å². The zero-order valence-electron chi connectivity index (χ0n) is 12.7. The Labute approximate surface area is 117 Å². The predicted molar refractivity (Wildman–Crippen MR) is 79.1 cm³/mol. The molecule has 0 radical (unpaired) electrons. The number of hydrogen-bond donors (Lipinski definition) is 1. The minimum Gasteiger partial charge on any atom is -0.308 e. The monoisotopic (exact) mass is 288 g/mol. The van der Waals surface area contributed by atoms with Gasteiger partial charge in [0.05, 0.1) is 5.75 Å². The van der Waals surface area contributed by atoms with Crippen LogP contribution in [0.5, 0.6) is 0 Å². The molecule has 5 heteroatoms. The van der Waals surface area contributed by atoms with Crippen molar-refractivity contribution in [3.8, 4) is 0 Å². The highest BCUT2D eigenvalue weighted by Gasteiger charge is 2.50. The minimum absolute atomic E-state index is 0.117. The first-order chi connectivity index (χ1) is 8.69. The second-order valence-electron chi connectivity index (χ2n) is 6.95. The Balaban J connectivity index is 2.11. The summed E-state index contributed by atoms with van der Waals surface area (Å²) in [5.41, 5.74) is 0.255. The zero-order chi connectivity index (χ0) is 14.3. The molecule has 0 amide bonds. The van der Waals surface area contributed by atoms with E-state index in [2.05, 4.69) is 31.0 Å². The molecular weight excluding hydrogens is 260 g/mol. The molecule has 1 N–H and O–H groups in total. The fraction of sp³-hybridized carbons (Fsp3) is 1.00. The van der Waals surface area contributed by atoms with Gasteiger partial charge in [-0.25, -0.2) is 8.42 Å². The summed E-state index contributed by atoms with van der Waals surface area (Å²) in [6.07, 6.45) is 4.98. The van der Waals surface area contributed by atoms with Crippen molar-refractivity contribution < 1.29 is 8.42 Å². The van der Waals surface area contributed by atoms with Gasteiger partial charge in [-0.15, -0.1) is 0 Å². The second kappa shape index (κ2) is 5.01. The third-order valence-electron chi connectivity index (χ3n) is 5.10. The van der Waals surface area contributed by atoms with Crippen LogP contribution < -0.4 is 5.32 Å². The molecule has 1 aliphatic carbocycles. The molecule has 19 heavy (non-hydrogen) atoms. The van der Waals surface area contributed by atoms with Gasteiger partial charge in [-0.3, -0.25) is 4.90 Å². The van der Waals surface area contributed by atoms with Gasteiger partial charge in [-0.1, -0.05) is 6.92 Å². The van der Waals surface area contributed by atoms with Crippen molar-refractivity contribution in [2.24, 2.45) is 5.92 Å². The van der Waals surface area contributed by atoms with Gasteiger partial charge in [0, 0.05) is 37.0 Å². The zero-order valence-corrected chi connectivity index (χ0v) is 13.5. The Bertz CT molecular complexity index is 433. The minimum atomic E-state index is -2.89. The van der Waals surface area contributed by atoms with E-state index in [1.54, 1.807) is 0 Å². The van der Waals surface area contributed by atoms with E-state index in [-0.39, 0.29) is 16.8 Å². The highest BCUT2D eigenvalue weighted by atomic mass is 32.2. The molecule has 4 nitrogen and oxygen atoms in total. The molecular formula is C14H28N2O2S. The van der Waals surface area contributed by atoms with Gasteiger partial charge in [0.1, 0.15) is 9.84 Å². The fourth-order valence-corrected chi connectivity index (χ4v) is 3.67. The van der Waals surface area contributed by atoms with Crippen LogP contribution in [0.2, 0.25) is 0 Å². The van der Waals surface area contributed by atoms with Crippen molar-refractivity contribution in [3.63, 3.8) is 0 Å². The summed E-state index contributed by atoms with van der Waals surface area (Å²) in [6, 6.07) is 0. The summed E-state index contributed by atoms with van der Waals surface area (Å²) < 4.78 is 22.9. The average molecular weight is 288 g/mol. The molecule has 0 aromatic carbocycles. The number of sulfone groups is 1. The van der Waals surface area contributed by atoms with Crippen LogP contribution in [0.3, 0.4) is 0 Å². The summed E-state index contributed by atoms with van der Waals surface area (Å²) in [5.74, 6) is 1.01. The van der Waals surface area contributed by atoms with Crippen LogP contribution in [0.4, 0.5) is 0 Å². The summed E-state index contributed by atoms with van der Waals surface area (Å²) in [6.45, 7) is 9.34. The van der Waals surface area contributed by atoms with E-state index in [4.69, 9.17) is 0 Å². The molecule has 2 aliphatic rings. The van der Waals surface area contributed by atoms with E-state index in [0.717, 1.165) is 25.4 Å². The lowest BCUT2D eigenvalue weighted by Crippen LogP contribution is -2.69. The summed E-state index contributed by atoms with van der Waals surface area (Å²) in [7, 11) is -2.89. The molecule has 1 heterocycles. The van der Waals surface area contributed by atoms with E-state index in [1.165, 1.54) is 19.1 Å². The van der Waals surface area contributed by atoms with Crippen LogP contribution in [-0.4, -0.2) is 56.0 Å². The van der Waals surface area contributed by atoms with Gasteiger partial charge in [-0.05, 0) is 39.0 Å². The number of nitrogens with one attached hydrogen (secondary N) is 1. The normalized spacial score (nSPS) is 37.5. The van der Waals surface area contributed by atoms with Crippen molar-refractivity contribution in [2.75, 3.05) is 31.6 Å². The van der Waals surface area contributed by atoms with Gasteiger partial charge in [-0.2, -0.15) is 0 Å². The van der Waals surface area contributed by atoms with Gasteiger partial charge in [0.15, 0.2) is 0 Å². The number of rotatable bonds is 5. The first-order valence-corrected chi connectivity index (χ1v) is 9.42. The summed E-state index contributed by atoms with van der Waals surface area (Å²) in [5, 5.41) is 3.69. The third kappa shape index (κ3) is 3.50. The third-order valence-corrected chi connectivity index (χ3v) is 6.03. The quantitative estimate of drug-likeness (QED) is 0.828. The molecule has 1 aliphatic heterocycles. The van der Waals surface area contributed by atoms with Crippen molar-refractivity contribution in [1.29, 1.82) is 0 Å². The maximum absolute atomic E-state index is 11.5. The van der Waals surface area contributed by atoms with Crippen LogP contribution in [0.1, 0.15) is 40.0 Å². The van der Waals surface area contributed by atoms with Crippen molar-refractivity contribution in [2.45, 2.75) is 51.1 Å². The van der Waals surface area contributed by atoms with Gasteiger partial charge in [0.2, 0.25) is 0 Å². The molecule has 2 atom stereocenters. The van der Waals surface area contributed by atoms with Crippen molar-refractivity contribution in [1.82, 2.24) is 10.2 Å². The van der Waals surface area contributed by atoms with Crippen molar-refractivity contribution in [3.05, 3.63) is 0 Å². The van der Waals surface area contributed by atoms with Crippen LogP contribution in [0.15, 0.2) is 0 Å². The Hall–Kier alpha value is -0.130. The molecule has 0 aromatic rings. The summed E-state index contributed by atoms with van der Waals surface area (Å²) in [4.78, 5) is 2.44. The standard InChI is InChI=1S/C14H28N2O2S/c1-5-13(2)11-16(8-9-19(4,17)18)14(3,10-15-13)12-6-7-12/h12,15H,5-11H2,1-4H3. The lowest BCUT2D eigenvalue weighted by atomic mass is 9.84. The lowest BCUT2D eigenvalue weighted by molar-refractivity contribution is 0.0100. The number of piperazine rings is 1. The molecule has 0 bridgehead atoms. The van der Waals surface area contributed by atoms with Crippen LogP contribution >= 0.6 is 0 Å². The van der Waals surface area contributed by atoms with E-state index in [1.807, 2.05) is 0 Å². The first kappa shape index (κ1) is 15.3. The maximum Gasteiger partial charge on any atom is 0.148 e. The van der Waals surface area contributed by atoms with Gasteiger partial charge in [0.25, 0.3) is 0 Å². The van der Waals surface area contributed by atoms with Gasteiger partial charge < -0.3 is 5.32 Å². The van der Waals surface area contributed by atoms with Crippen LogP contribution in [0.25, 0.3) is 0 Å². The highest BCUT2D eigenvalue weighted by molar-refractivity contribution is 7.90. The number of hydrogen-bond acceptors (Lipinski definition) is 4. The molecule has 2 rings (SSSR count). The largest absolute Gasteiger partial charge is 0.308 e. The maximum atomic E-state index is 11.5. The Morgan fingerprint density at radius 1 is 1.32 bits per heavy atom. The van der Waals surface area contributed by atoms with Crippen LogP contribution in [-0.2, 0) is 9.84 Å². The Morgan fingerprint density at radius 2 is 1.95 bits per heavy atom. The van der Waals surface area contributed by atoms with E-state index >= 15 is 0 Å². The predicted octanol–water partition coefficient (Wildman–Crippen LogP) is 1.27.